The Balaban J connectivity index is 2.29. The van der Waals surface area contributed by atoms with E-state index in [0.29, 0.717) is 12.3 Å². The molecule has 1 heterocycles. The summed E-state index contributed by atoms with van der Waals surface area (Å²) in [5.74, 6) is 0.538. The molecule has 0 spiro atoms. The molecule has 1 aromatic carbocycles. The summed E-state index contributed by atoms with van der Waals surface area (Å²) in [5.41, 5.74) is 7.52. The average Bonchev–Trinajstić information content (AvgIpc) is 2.76. The number of hydrogen-bond acceptors (Lipinski definition) is 5. The summed E-state index contributed by atoms with van der Waals surface area (Å²) in [7, 11) is 0. The SMILES string of the molecule is CC(C)CN(CCC#N)c1nc2ccc(N)cc2s1. The zero-order valence-corrected chi connectivity index (χ0v) is 12.1. The van der Waals surface area contributed by atoms with Crippen LogP contribution < -0.4 is 10.6 Å². The van der Waals surface area contributed by atoms with Gasteiger partial charge in [-0.2, -0.15) is 5.26 Å². The number of nitriles is 1. The van der Waals surface area contributed by atoms with Crippen LogP contribution in [0.15, 0.2) is 18.2 Å². The number of hydrogen-bond donors (Lipinski definition) is 1. The molecule has 2 rings (SSSR count). The van der Waals surface area contributed by atoms with E-state index in [9.17, 15) is 0 Å². The number of nitrogens with two attached hydrogens (primary N) is 1. The van der Waals surface area contributed by atoms with E-state index >= 15 is 0 Å². The van der Waals surface area contributed by atoms with Crippen LogP contribution in [0.2, 0.25) is 0 Å². The molecular weight excluding hydrogens is 256 g/mol. The van der Waals surface area contributed by atoms with Crippen molar-refractivity contribution < 1.29 is 0 Å². The number of nitrogen functional groups attached to an aromatic ring is 1. The first-order valence-electron chi connectivity index (χ1n) is 6.38. The Labute approximate surface area is 117 Å². The third kappa shape index (κ3) is 3.36. The van der Waals surface area contributed by atoms with E-state index < -0.39 is 0 Å². The van der Waals surface area contributed by atoms with Crippen LogP contribution in [-0.2, 0) is 0 Å². The van der Waals surface area contributed by atoms with E-state index in [2.05, 4.69) is 29.8 Å². The maximum absolute atomic E-state index is 8.76. The molecule has 0 amide bonds. The number of nitrogens with zero attached hydrogens (tertiary/aromatic N) is 3. The summed E-state index contributed by atoms with van der Waals surface area (Å²) in [5, 5.41) is 9.74. The van der Waals surface area contributed by atoms with E-state index in [4.69, 9.17) is 11.0 Å². The molecule has 2 aromatic rings. The summed E-state index contributed by atoms with van der Waals surface area (Å²) in [6.07, 6.45) is 0.519. The van der Waals surface area contributed by atoms with Gasteiger partial charge >= 0.3 is 0 Å². The molecule has 0 radical (unpaired) electrons. The molecule has 19 heavy (non-hydrogen) atoms. The van der Waals surface area contributed by atoms with Gasteiger partial charge in [0.05, 0.1) is 22.7 Å². The smallest absolute Gasteiger partial charge is 0.186 e. The van der Waals surface area contributed by atoms with Crippen molar-refractivity contribution in [2.45, 2.75) is 20.3 Å². The highest BCUT2D eigenvalue weighted by atomic mass is 32.1. The Morgan fingerprint density at radius 1 is 1.47 bits per heavy atom. The lowest BCUT2D eigenvalue weighted by Crippen LogP contribution is -2.28. The Bertz CT molecular complexity index is 597. The summed E-state index contributed by atoms with van der Waals surface area (Å²) >= 11 is 1.64. The highest BCUT2D eigenvalue weighted by Gasteiger charge is 2.13. The Morgan fingerprint density at radius 3 is 2.95 bits per heavy atom. The minimum absolute atomic E-state index is 0.519. The Morgan fingerprint density at radius 2 is 2.26 bits per heavy atom. The number of fused-ring (bicyclic) bond motifs is 1. The number of anilines is 2. The fraction of sp³-hybridized carbons (Fsp3) is 0.429. The van der Waals surface area contributed by atoms with Crippen molar-refractivity contribution in [2.24, 2.45) is 5.92 Å². The molecule has 0 fully saturated rings. The third-order valence-electron chi connectivity index (χ3n) is 2.75. The van der Waals surface area contributed by atoms with Gasteiger partial charge in [0.25, 0.3) is 0 Å². The predicted octanol–water partition coefficient (Wildman–Crippen LogP) is 3.25. The monoisotopic (exact) mass is 274 g/mol. The molecule has 4 nitrogen and oxygen atoms in total. The maximum atomic E-state index is 8.76. The molecular formula is C14H18N4S. The van der Waals surface area contributed by atoms with Gasteiger partial charge in [-0.25, -0.2) is 4.98 Å². The molecule has 0 aliphatic carbocycles. The van der Waals surface area contributed by atoms with Gasteiger partial charge in [0.2, 0.25) is 0 Å². The first-order chi connectivity index (χ1) is 9.10. The topological polar surface area (TPSA) is 65.9 Å². The van der Waals surface area contributed by atoms with E-state index in [1.807, 2.05) is 18.2 Å². The summed E-state index contributed by atoms with van der Waals surface area (Å²) in [6, 6.07) is 7.97. The van der Waals surface area contributed by atoms with Crippen molar-refractivity contribution in [3.63, 3.8) is 0 Å². The number of benzene rings is 1. The summed E-state index contributed by atoms with van der Waals surface area (Å²) in [6.45, 7) is 5.98. The average molecular weight is 274 g/mol. The van der Waals surface area contributed by atoms with Gasteiger partial charge in [0, 0.05) is 18.8 Å². The lowest BCUT2D eigenvalue weighted by molar-refractivity contribution is 0.611. The second-order valence-corrected chi connectivity index (χ2v) is 5.98. The molecule has 0 saturated heterocycles. The van der Waals surface area contributed by atoms with E-state index in [-0.39, 0.29) is 0 Å². The van der Waals surface area contributed by atoms with Crippen LogP contribution in [0, 0.1) is 17.2 Å². The van der Waals surface area contributed by atoms with Crippen molar-refractivity contribution in [3.8, 4) is 6.07 Å². The fourth-order valence-corrected chi connectivity index (χ4v) is 3.00. The Hall–Kier alpha value is -1.80. The molecule has 5 heteroatoms. The van der Waals surface area contributed by atoms with Crippen molar-refractivity contribution in [3.05, 3.63) is 18.2 Å². The van der Waals surface area contributed by atoms with Gasteiger partial charge in [-0.1, -0.05) is 25.2 Å². The van der Waals surface area contributed by atoms with Crippen LogP contribution in [0.1, 0.15) is 20.3 Å². The normalized spacial score (nSPS) is 10.8. The first kappa shape index (κ1) is 13.6. The molecule has 0 saturated carbocycles. The standard InChI is InChI=1S/C14H18N4S/c1-10(2)9-18(7-3-6-15)14-17-12-5-4-11(16)8-13(12)19-14/h4-5,8,10H,3,7,9,16H2,1-2H3. The molecule has 0 bridgehead atoms. The highest BCUT2D eigenvalue weighted by Crippen LogP contribution is 2.30. The molecule has 0 aliphatic rings. The quantitative estimate of drug-likeness (QED) is 0.850. The number of aromatic nitrogens is 1. The first-order valence-corrected chi connectivity index (χ1v) is 7.19. The van der Waals surface area contributed by atoms with Gasteiger partial charge in [0.15, 0.2) is 5.13 Å². The molecule has 100 valence electrons. The van der Waals surface area contributed by atoms with E-state index in [0.717, 1.165) is 34.1 Å². The van der Waals surface area contributed by atoms with Crippen LogP contribution in [0.3, 0.4) is 0 Å². The summed E-state index contributed by atoms with van der Waals surface area (Å²) in [4.78, 5) is 6.83. The van der Waals surface area contributed by atoms with Gasteiger partial charge in [-0.3, -0.25) is 0 Å². The van der Waals surface area contributed by atoms with Crippen LogP contribution in [0.5, 0.6) is 0 Å². The lowest BCUT2D eigenvalue weighted by Gasteiger charge is -2.22. The van der Waals surface area contributed by atoms with E-state index in [1.54, 1.807) is 11.3 Å². The van der Waals surface area contributed by atoms with Crippen LogP contribution in [-0.4, -0.2) is 18.1 Å². The summed E-state index contributed by atoms with van der Waals surface area (Å²) < 4.78 is 1.10. The van der Waals surface area contributed by atoms with Crippen LogP contribution in [0.25, 0.3) is 10.2 Å². The molecule has 2 N–H and O–H groups in total. The van der Waals surface area contributed by atoms with Crippen molar-refractivity contribution >= 4 is 32.4 Å². The third-order valence-corrected chi connectivity index (χ3v) is 3.83. The lowest BCUT2D eigenvalue weighted by atomic mass is 10.2. The van der Waals surface area contributed by atoms with Crippen LogP contribution in [0.4, 0.5) is 10.8 Å². The molecule has 0 atom stereocenters. The zero-order chi connectivity index (χ0) is 13.8. The number of thiazole rings is 1. The second-order valence-electron chi connectivity index (χ2n) is 4.97. The van der Waals surface area contributed by atoms with Gasteiger partial charge in [-0.15, -0.1) is 0 Å². The minimum atomic E-state index is 0.519. The highest BCUT2D eigenvalue weighted by molar-refractivity contribution is 7.22. The van der Waals surface area contributed by atoms with Gasteiger partial charge < -0.3 is 10.6 Å². The van der Waals surface area contributed by atoms with Gasteiger partial charge in [0.1, 0.15) is 0 Å². The number of rotatable bonds is 5. The largest absolute Gasteiger partial charge is 0.399 e. The van der Waals surface area contributed by atoms with Gasteiger partial charge in [-0.05, 0) is 24.1 Å². The minimum Gasteiger partial charge on any atom is -0.399 e. The van der Waals surface area contributed by atoms with Crippen molar-refractivity contribution in [1.82, 2.24) is 4.98 Å². The fourth-order valence-electron chi connectivity index (χ4n) is 1.96. The van der Waals surface area contributed by atoms with Crippen molar-refractivity contribution in [2.75, 3.05) is 23.7 Å². The molecule has 0 aliphatic heterocycles. The molecule has 0 unspecified atom stereocenters. The zero-order valence-electron chi connectivity index (χ0n) is 11.3. The van der Waals surface area contributed by atoms with Crippen LogP contribution >= 0.6 is 11.3 Å². The van der Waals surface area contributed by atoms with Crippen molar-refractivity contribution in [1.29, 1.82) is 5.26 Å². The maximum Gasteiger partial charge on any atom is 0.186 e. The second kappa shape index (κ2) is 5.89. The molecule has 1 aromatic heterocycles. The van der Waals surface area contributed by atoms with E-state index in [1.165, 1.54) is 0 Å². The Kier molecular flexibility index (Phi) is 4.23. The predicted molar refractivity (Wildman–Crippen MR) is 81.3 cm³/mol.